The molecule has 7 heteroatoms. The van der Waals surface area contributed by atoms with Gasteiger partial charge in [0, 0.05) is 12.6 Å². The molecule has 106 valence electrons. The third kappa shape index (κ3) is 5.10. The molecule has 1 aliphatic rings. The van der Waals surface area contributed by atoms with Crippen molar-refractivity contribution >= 4 is 24.8 Å². The van der Waals surface area contributed by atoms with E-state index in [1.807, 2.05) is 4.68 Å². The fourth-order valence-electron chi connectivity index (χ4n) is 2.45. The molecule has 1 aromatic rings. The summed E-state index contributed by atoms with van der Waals surface area (Å²) in [7, 11) is 0. The van der Waals surface area contributed by atoms with E-state index < -0.39 is 0 Å². The molecule has 1 aromatic heterocycles. The average Bonchev–Trinajstić information content (AvgIpc) is 2.81. The molecule has 0 amide bonds. The first-order valence-electron chi connectivity index (χ1n) is 6.16. The van der Waals surface area contributed by atoms with E-state index >= 15 is 0 Å². The summed E-state index contributed by atoms with van der Waals surface area (Å²) in [5, 5.41) is 4.13. The summed E-state index contributed by atoms with van der Waals surface area (Å²) in [5.74, 6) is 0. The Morgan fingerprint density at radius 2 is 2.06 bits per heavy atom. The Morgan fingerprint density at radius 1 is 1.22 bits per heavy atom. The number of halogens is 2. The summed E-state index contributed by atoms with van der Waals surface area (Å²) in [4.78, 5) is 6.51. The minimum Gasteiger partial charge on any atom is -0.330 e. The predicted molar refractivity (Wildman–Crippen MR) is 77.4 cm³/mol. The van der Waals surface area contributed by atoms with Crippen LogP contribution < -0.4 is 5.73 Å². The van der Waals surface area contributed by atoms with Crippen molar-refractivity contribution in [2.45, 2.75) is 38.3 Å². The van der Waals surface area contributed by atoms with Crippen LogP contribution in [0, 0.1) is 0 Å². The number of rotatable bonds is 5. The number of hydrogen-bond acceptors (Lipinski definition) is 4. The van der Waals surface area contributed by atoms with Crippen molar-refractivity contribution in [2.24, 2.45) is 5.73 Å². The maximum absolute atomic E-state index is 5.66. The molecule has 2 N–H and O–H groups in total. The van der Waals surface area contributed by atoms with E-state index in [9.17, 15) is 0 Å². The molecule has 1 unspecified atom stereocenters. The Balaban J connectivity index is 0.00000144. The topological polar surface area (TPSA) is 60.0 Å². The van der Waals surface area contributed by atoms with Crippen molar-refractivity contribution in [3.8, 4) is 0 Å². The molecule has 0 bridgehead atoms. The Hall–Kier alpha value is -0.360. The SMILES string of the molecule is Cl.Cl.NCCC1CCCCN1CCn1cncn1. The average molecular weight is 296 g/mol. The highest BCUT2D eigenvalue weighted by molar-refractivity contribution is 5.85. The third-order valence-electron chi connectivity index (χ3n) is 3.33. The fourth-order valence-corrected chi connectivity index (χ4v) is 2.45. The lowest BCUT2D eigenvalue weighted by Crippen LogP contribution is -2.42. The van der Waals surface area contributed by atoms with Crippen molar-refractivity contribution in [1.82, 2.24) is 19.7 Å². The van der Waals surface area contributed by atoms with E-state index in [-0.39, 0.29) is 24.8 Å². The molecule has 0 radical (unpaired) electrons. The van der Waals surface area contributed by atoms with Gasteiger partial charge in [0.15, 0.2) is 0 Å². The maximum atomic E-state index is 5.66. The molecule has 0 aromatic carbocycles. The van der Waals surface area contributed by atoms with Gasteiger partial charge in [-0.1, -0.05) is 6.42 Å². The zero-order valence-electron chi connectivity index (χ0n) is 10.6. The van der Waals surface area contributed by atoms with E-state index in [1.165, 1.54) is 25.8 Å². The van der Waals surface area contributed by atoms with E-state index in [4.69, 9.17) is 5.73 Å². The monoisotopic (exact) mass is 295 g/mol. The summed E-state index contributed by atoms with van der Waals surface area (Å²) in [6.45, 7) is 4.00. The van der Waals surface area contributed by atoms with Crippen LogP contribution in [0.4, 0.5) is 0 Å². The second-order valence-corrected chi connectivity index (χ2v) is 4.42. The first-order chi connectivity index (χ1) is 7.90. The van der Waals surface area contributed by atoms with E-state index in [0.717, 1.165) is 26.1 Å². The maximum Gasteiger partial charge on any atom is 0.137 e. The van der Waals surface area contributed by atoms with Gasteiger partial charge in [-0.25, -0.2) is 4.98 Å². The first-order valence-corrected chi connectivity index (χ1v) is 6.16. The minimum atomic E-state index is 0. The van der Waals surface area contributed by atoms with Gasteiger partial charge in [0.1, 0.15) is 12.7 Å². The predicted octanol–water partition coefficient (Wildman–Crippen LogP) is 1.32. The van der Waals surface area contributed by atoms with Gasteiger partial charge in [-0.2, -0.15) is 5.10 Å². The van der Waals surface area contributed by atoms with Gasteiger partial charge < -0.3 is 5.73 Å². The summed E-state index contributed by atoms with van der Waals surface area (Å²) < 4.78 is 1.90. The summed E-state index contributed by atoms with van der Waals surface area (Å²) in [6, 6.07) is 0.683. The van der Waals surface area contributed by atoms with Crippen LogP contribution in [0.1, 0.15) is 25.7 Å². The Labute approximate surface area is 121 Å². The zero-order valence-corrected chi connectivity index (χ0v) is 12.2. The molecular formula is C11H23Cl2N5. The molecule has 0 saturated carbocycles. The van der Waals surface area contributed by atoms with E-state index in [2.05, 4.69) is 15.0 Å². The van der Waals surface area contributed by atoms with Crippen LogP contribution in [0.25, 0.3) is 0 Å². The van der Waals surface area contributed by atoms with Gasteiger partial charge >= 0.3 is 0 Å². The quantitative estimate of drug-likeness (QED) is 0.890. The largest absolute Gasteiger partial charge is 0.330 e. The van der Waals surface area contributed by atoms with Crippen LogP contribution >= 0.6 is 24.8 Å². The first kappa shape index (κ1) is 17.6. The fraction of sp³-hybridized carbons (Fsp3) is 0.818. The van der Waals surface area contributed by atoms with Crippen molar-refractivity contribution in [3.63, 3.8) is 0 Å². The highest BCUT2D eigenvalue weighted by Crippen LogP contribution is 2.18. The van der Waals surface area contributed by atoms with Gasteiger partial charge in [0.2, 0.25) is 0 Å². The molecule has 1 aliphatic heterocycles. The van der Waals surface area contributed by atoms with Gasteiger partial charge in [0.25, 0.3) is 0 Å². The molecule has 0 spiro atoms. The molecule has 0 aliphatic carbocycles. The second kappa shape index (κ2) is 9.55. The van der Waals surface area contributed by atoms with Gasteiger partial charge in [0.05, 0.1) is 6.54 Å². The van der Waals surface area contributed by atoms with Gasteiger partial charge in [-0.15, -0.1) is 24.8 Å². The molecular weight excluding hydrogens is 273 g/mol. The van der Waals surface area contributed by atoms with Crippen molar-refractivity contribution < 1.29 is 0 Å². The lowest BCUT2D eigenvalue weighted by Gasteiger charge is -2.35. The van der Waals surface area contributed by atoms with Crippen LogP contribution in [-0.4, -0.2) is 45.3 Å². The minimum absolute atomic E-state index is 0. The van der Waals surface area contributed by atoms with Gasteiger partial charge in [-0.05, 0) is 32.4 Å². The standard InChI is InChI=1S/C11H21N5.2ClH/c12-5-4-11-3-1-2-6-15(11)7-8-16-10-13-9-14-16;;/h9-11H,1-8,12H2;2*1H. The van der Waals surface area contributed by atoms with Crippen LogP contribution in [0.3, 0.4) is 0 Å². The molecule has 2 rings (SSSR count). The smallest absolute Gasteiger partial charge is 0.137 e. The molecule has 1 saturated heterocycles. The molecule has 1 fully saturated rings. The number of aromatic nitrogens is 3. The summed E-state index contributed by atoms with van der Waals surface area (Å²) in [6.07, 6.45) is 8.46. The van der Waals surface area contributed by atoms with Crippen LogP contribution in [0.2, 0.25) is 0 Å². The van der Waals surface area contributed by atoms with Gasteiger partial charge in [-0.3, -0.25) is 9.58 Å². The normalized spacial score (nSPS) is 19.9. The van der Waals surface area contributed by atoms with Crippen molar-refractivity contribution in [2.75, 3.05) is 19.6 Å². The van der Waals surface area contributed by atoms with Crippen LogP contribution in [0.15, 0.2) is 12.7 Å². The zero-order chi connectivity index (χ0) is 11.2. The third-order valence-corrected chi connectivity index (χ3v) is 3.33. The number of piperidine rings is 1. The van der Waals surface area contributed by atoms with Crippen molar-refractivity contribution in [3.05, 3.63) is 12.7 Å². The van der Waals surface area contributed by atoms with E-state index in [0.29, 0.717) is 6.04 Å². The molecule has 5 nitrogen and oxygen atoms in total. The molecule has 2 heterocycles. The highest BCUT2D eigenvalue weighted by Gasteiger charge is 2.20. The van der Waals surface area contributed by atoms with E-state index in [1.54, 1.807) is 12.7 Å². The second-order valence-electron chi connectivity index (χ2n) is 4.42. The molecule has 1 atom stereocenters. The Morgan fingerprint density at radius 3 is 2.72 bits per heavy atom. The van der Waals surface area contributed by atoms with Crippen LogP contribution in [0.5, 0.6) is 0 Å². The Kier molecular flexibility index (Phi) is 9.36. The lowest BCUT2D eigenvalue weighted by atomic mass is 9.99. The number of likely N-dealkylation sites (tertiary alicyclic amines) is 1. The number of hydrogen-bond donors (Lipinski definition) is 1. The highest BCUT2D eigenvalue weighted by atomic mass is 35.5. The number of nitrogens with zero attached hydrogens (tertiary/aromatic N) is 4. The lowest BCUT2D eigenvalue weighted by molar-refractivity contribution is 0.135. The summed E-state index contributed by atoms with van der Waals surface area (Å²) >= 11 is 0. The van der Waals surface area contributed by atoms with Crippen molar-refractivity contribution in [1.29, 1.82) is 0 Å². The van der Waals surface area contributed by atoms with Crippen LogP contribution in [-0.2, 0) is 6.54 Å². The molecule has 18 heavy (non-hydrogen) atoms. The Bertz CT molecular complexity index is 292. The summed E-state index contributed by atoms with van der Waals surface area (Å²) in [5.41, 5.74) is 5.66. The number of nitrogens with two attached hydrogens (primary N) is 1.